The first-order valence-corrected chi connectivity index (χ1v) is 3.71. The topological polar surface area (TPSA) is 29.4 Å². The molecule has 0 amide bonds. The fourth-order valence-electron chi connectivity index (χ4n) is 0.456. The first kappa shape index (κ1) is 8.47. The van der Waals surface area contributed by atoms with Gasteiger partial charge in [-0.1, -0.05) is 0 Å². The quantitative estimate of drug-likeness (QED) is 0.313. The Hall–Kier alpha value is -0.530. The third-order valence-electron chi connectivity index (χ3n) is 0.870. The number of nitrogens with zero attached hydrogens (tertiary/aromatic N) is 1. The van der Waals surface area contributed by atoms with Crippen LogP contribution in [0.15, 0.2) is 10.6 Å². The molecule has 0 spiro atoms. The van der Waals surface area contributed by atoms with Crippen LogP contribution in [-0.4, -0.2) is 24.3 Å². The molecular formula is C6H9NOS. The van der Waals surface area contributed by atoms with Crippen molar-refractivity contribution in [2.75, 3.05) is 13.3 Å². The maximum absolute atomic E-state index is 10.0. The van der Waals surface area contributed by atoms with Gasteiger partial charge >= 0.3 is 0 Å². The molecule has 9 heavy (non-hydrogen) atoms. The lowest BCUT2D eigenvalue weighted by Crippen LogP contribution is -1.92. The molecule has 0 N–H and O–H groups in total. The second kappa shape index (κ2) is 4.36. The van der Waals surface area contributed by atoms with Crippen molar-refractivity contribution >= 4 is 22.7 Å². The van der Waals surface area contributed by atoms with Crippen molar-refractivity contribution in [2.24, 2.45) is 4.99 Å². The molecule has 0 radical (unpaired) electrons. The van der Waals surface area contributed by atoms with Crippen LogP contribution >= 0.6 is 11.8 Å². The second-order valence-electron chi connectivity index (χ2n) is 1.46. The first-order chi connectivity index (χ1) is 4.26. The minimum atomic E-state index is 0.574. The third-order valence-corrected chi connectivity index (χ3v) is 1.75. The fourth-order valence-corrected chi connectivity index (χ4v) is 0.986. The normalized spacial score (nSPS) is 10.8. The Bertz CT molecular complexity index is 168. The summed E-state index contributed by atoms with van der Waals surface area (Å²) in [5, 5.41) is 0.755. The van der Waals surface area contributed by atoms with Gasteiger partial charge in [0.1, 0.15) is 11.0 Å². The summed E-state index contributed by atoms with van der Waals surface area (Å²) in [7, 11) is 1.66. The van der Waals surface area contributed by atoms with Crippen LogP contribution in [0.1, 0.15) is 6.92 Å². The Balaban J connectivity index is 4.33. The lowest BCUT2D eigenvalue weighted by atomic mass is 10.4. The van der Waals surface area contributed by atoms with Gasteiger partial charge in [-0.3, -0.25) is 4.99 Å². The van der Waals surface area contributed by atoms with Gasteiger partial charge in [0.15, 0.2) is 0 Å². The van der Waals surface area contributed by atoms with E-state index in [1.807, 2.05) is 6.26 Å². The van der Waals surface area contributed by atoms with Crippen LogP contribution < -0.4 is 0 Å². The molecule has 0 fully saturated rings. The van der Waals surface area contributed by atoms with Crippen molar-refractivity contribution < 1.29 is 4.79 Å². The Morgan fingerprint density at radius 1 is 1.67 bits per heavy atom. The molecule has 0 aromatic carbocycles. The summed E-state index contributed by atoms with van der Waals surface area (Å²) >= 11 is 1.45. The van der Waals surface area contributed by atoms with E-state index < -0.39 is 0 Å². The van der Waals surface area contributed by atoms with Crippen molar-refractivity contribution in [3.8, 4) is 0 Å². The molecule has 0 saturated carbocycles. The highest BCUT2D eigenvalue weighted by molar-refractivity contribution is 8.13. The molecule has 0 saturated heterocycles. The van der Waals surface area contributed by atoms with E-state index in [0.29, 0.717) is 5.57 Å². The van der Waals surface area contributed by atoms with E-state index >= 15 is 0 Å². The van der Waals surface area contributed by atoms with E-state index in [2.05, 4.69) is 4.99 Å². The van der Waals surface area contributed by atoms with E-state index in [-0.39, 0.29) is 0 Å². The average Bonchev–Trinajstić information content (AvgIpc) is 1.90. The number of hydrogen-bond donors (Lipinski definition) is 0. The van der Waals surface area contributed by atoms with Gasteiger partial charge in [-0.2, -0.15) is 0 Å². The van der Waals surface area contributed by atoms with Crippen LogP contribution in [0.3, 0.4) is 0 Å². The van der Waals surface area contributed by atoms with Gasteiger partial charge in [-0.05, 0) is 13.2 Å². The van der Waals surface area contributed by atoms with Crippen LogP contribution in [0.2, 0.25) is 0 Å². The highest BCUT2D eigenvalue weighted by Crippen LogP contribution is 2.04. The average molecular weight is 143 g/mol. The SMILES string of the molecule is CN=C(SC)C(C)=C=O. The predicted molar refractivity (Wildman–Crippen MR) is 41.8 cm³/mol. The van der Waals surface area contributed by atoms with Gasteiger partial charge in [0, 0.05) is 7.05 Å². The summed E-state index contributed by atoms with van der Waals surface area (Å²) in [4.78, 5) is 13.9. The lowest BCUT2D eigenvalue weighted by molar-refractivity contribution is 0.568. The number of aliphatic imine (C=N–C) groups is 1. The third kappa shape index (κ3) is 2.49. The smallest absolute Gasteiger partial charge is 0.130 e. The zero-order chi connectivity index (χ0) is 7.28. The maximum Gasteiger partial charge on any atom is 0.130 e. The summed E-state index contributed by atoms with van der Waals surface area (Å²) in [5.74, 6) is 1.78. The Kier molecular flexibility index (Phi) is 4.10. The zero-order valence-corrected chi connectivity index (χ0v) is 6.58. The molecular weight excluding hydrogens is 134 g/mol. The van der Waals surface area contributed by atoms with Crippen molar-refractivity contribution in [1.29, 1.82) is 0 Å². The van der Waals surface area contributed by atoms with Gasteiger partial charge in [0.25, 0.3) is 0 Å². The lowest BCUT2D eigenvalue weighted by Gasteiger charge is -1.93. The number of carbonyl (C=O) groups excluding carboxylic acids is 1. The highest BCUT2D eigenvalue weighted by atomic mass is 32.2. The van der Waals surface area contributed by atoms with E-state index in [1.54, 1.807) is 19.9 Å². The first-order valence-electron chi connectivity index (χ1n) is 2.49. The van der Waals surface area contributed by atoms with Crippen LogP contribution in [0, 0.1) is 0 Å². The molecule has 0 aliphatic heterocycles. The van der Waals surface area contributed by atoms with Gasteiger partial charge in [0.2, 0.25) is 0 Å². The van der Waals surface area contributed by atoms with E-state index in [0.717, 1.165) is 5.04 Å². The summed E-state index contributed by atoms with van der Waals surface area (Å²) < 4.78 is 0. The molecule has 3 heteroatoms. The molecule has 50 valence electrons. The standard InChI is InChI=1S/C6H9NOS/c1-5(4-8)6(7-2)9-3/h1-3H3. The second-order valence-corrected chi connectivity index (χ2v) is 2.25. The van der Waals surface area contributed by atoms with Crippen LogP contribution in [0.25, 0.3) is 0 Å². The number of hydrogen-bond acceptors (Lipinski definition) is 3. The van der Waals surface area contributed by atoms with E-state index in [9.17, 15) is 4.79 Å². The summed E-state index contributed by atoms with van der Waals surface area (Å²) in [6, 6.07) is 0. The van der Waals surface area contributed by atoms with Gasteiger partial charge in [0.05, 0.1) is 5.57 Å². The zero-order valence-electron chi connectivity index (χ0n) is 5.76. The Labute approximate surface area is 59.1 Å². The summed E-state index contributed by atoms with van der Waals surface area (Å²) in [6.07, 6.45) is 1.88. The monoisotopic (exact) mass is 143 g/mol. The largest absolute Gasteiger partial charge is 0.281 e. The minimum Gasteiger partial charge on any atom is -0.281 e. The minimum absolute atomic E-state index is 0.574. The van der Waals surface area contributed by atoms with Gasteiger partial charge < -0.3 is 0 Å². The molecule has 0 aromatic heterocycles. The van der Waals surface area contributed by atoms with Crippen LogP contribution in [0.4, 0.5) is 0 Å². The van der Waals surface area contributed by atoms with E-state index in [1.165, 1.54) is 11.8 Å². The molecule has 0 aliphatic carbocycles. The summed E-state index contributed by atoms with van der Waals surface area (Å²) in [5.41, 5.74) is 0.574. The fraction of sp³-hybridized carbons (Fsp3) is 0.500. The Morgan fingerprint density at radius 2 is 2.22 bits per heavy atom. The predicted octanol–water partition coefficient (Wildman–Crippen LogP) is 1.16. The number of thioether (sulfide) groups is 1. The van der Waals surface area contributed by atoms with Crippen molar-refractivity contribution in [1.82, 2.24) is 0 Å². The van der Waals surface area contributed by atoms with Crippen molar-refractivity contribution in [3.05, 3.63) is 5.57 Å². The van der Waals surface area contributed by atoms with Crippen LogP contribution in [0.5, 0.6) is 0 Å². The van der Waals surface area contributed by atoms with Gasteiger partial charge in [-0.15, -0.1) is 11.8 Å². The van der Waals surface area contributed by atoms with Crippen molar-refractivity contribution in [2.45, 2.75) is 6.92 Å². The molecule has 0 aliphatic rings. The molecule has 0 rings (SSSR count). The molecule has 0 bridgehead atoms. The maximum atomic E-state index is 10.0. The molecule has 0 atom stereocenters. The Morgan fingerprint density at radius 3 is 2.33 bits per heavy atom. The highest BCUT2D eigenvalue weighted by Gasteiger charge is 1.96. The van der Waals surface area contributed by atoms with Crippen LogP contribution in [-0.2, 0) is 4.79 Å². The van der Waals surface area contributed by atoms with Gasteiger partial charge in [-0.25, -0.2) is 4.79 Å². The molecule has 0 heterocycles. The molecule has 2 nitrogen and oxygen atoms in total. The molecule has 0 unspecified atom stereocenters. The van der Waals surface area contributed by atoms with E-state index in [4.69, 9.17) is 0 Å². The van der Waals surface area contributed by atoms with Crippen molar-refractivity contribution in [3.63, 3.8) is 0 Å². The number of rotatable bonds is 1. The molecule has 0 aromatic rings. The summed E-state index contributed by atoms with van der Waals surface area (Å²) in [6.45, 7) is 1.70.